The third kappa shape index (κ3) is 3.50. The number of hydrogen-bond acceptors (Lipinski definition) is 3. The summed E-state index contributed by atoms with van der Waals surface area (Å²) < 4.78 is 14.1. The second-order valence-electron chi connectivity index (χ2n) is 4.67. The van der Waals surface area contributed by atoms with E-state index in [1.165, 1.54) is 22.7 Å². The number of benzene rings is 2. The third-order valence-electron chi connectivity index (χ3n) is 3.12. The molecule has 0 radical (unpaired) electrons. The number of halogens is 3. The van der Waals surface area contributed by atoms with Crippen LogP contribution in [0.5, 0.6) is 0 Å². The molecule has 23 heavy (non-hydrogen) atoms. The van der Waals surface area contributed by atoms with Gasteiger partial charge in [0.15, 0.2) is 4.32 Å². The lowest BCUT2D eigenvalue weighted by Crippen LogP contribution is -2.27. The van der Waals surface area contributed by atoms with Gasteiger partial charge in [-0.2, -0.15) is 0 Å². The molecule has 2 aromatic carbocycles. The first-order valence-electron chi connectivity index (χ1n) is 6.44. The Balaban J connectivity index is 1.92. The zero-order valence-corrected chi connectivity index (χ0v) is 15.4. The van der Waals surface area contributed by atoms with Gasteiger partial charge in [0.1, 0.15) is 5.82 Å². The second kappa shape index (κ2) is 6.73. The summed E-state index contributed by atoms with van der Waals surface area (Å²) in [6.45, 7) is 0. The van der Waals surface area contributed by atoms with Crippen LogP contribution >= 0.6 is 51.5 Å². The first kappa shape index (κ1) is 16.6. The lowest BCUT2D eigenvalue weighted by atomic mass is 10.2. The molecular weight excluding hydrogens is 421 g/mol. The number of carbonyl (C=O) groups is 1. The van der Waals surface area contributed by atoms with Crippen molar-refractivity contribution in [2.45, 2.75) is 0 Å². The molecule has 0 spiro atoms. The van der Waals surface area contributed by atoms with Gasteiger partial charge >= 0.3 is 0 Å². The maximum absolute atomic E-state index is 13.3. The highest BCUT2D eigenvalue weighted by Crippen LogP contribution is 2.36. The van der Waals surface area contributed by atoms with Crippen molar-refractivity contribution in [1.82, 2.24) is 0 Å². The summed E-state index contributed by atoms with van der Waals surface area (Å²) in [4.78, 5) is 14.5. The van der Waals surface area contributed by atoms with Crippen molar-refractivity contribution in [3.63, 3.8) is 0 Å². The lowest BCUT2D eigenvalue weighted by Gasteiger charge is -2.14. The molecule has 1 fully saturated rings. The van der Waals surface area contributed by atoms with Gasteiger partial charge in [0.25, 0.3) is 5.91 Å². The van der Waals surface area contributed by atoms with E-state index in [1.807, 2.05) is 0 Å². The molecule has 1 amide bonds. The predicted octanol–water partition coefficient (Wildman–Crippen LogP) is 5.65. The Kier molecular flexibility index (Phi) is 4.87. The number of anilines is 1. The van der Waals surface area contributed by atoms with Gasteiger partial charge in [0, 0.05) is 5.02 Å². The molecule has 1 saturated heterocycles. The van der Waals surface area contributed by atoms with Crippen LogP contribution in [0.3, 0.4) is 0 Å². The number of amides is 1. The Morgan fingerprint density at radius 1 is 1.22 bits per heavy atom. The van der Waals surface area contributed by atoms with E-state index in [2.05, 4.69) is 15.9 Å². The molecule has 7 heteroatoms. The van der Waals surface area contributed by atoms with E-state index in [9.17, 15) is 9.18 Å². The molecule has 0 aromatic heterocycles. The molecular formula is C16H8BrClFNOS2. The highest BCUT2D eigenvalue weighted by molar-refractivity contribution is 9.10. The number of carbonyl (C=O) groups excluding carboxylic acids is 1. The maximum atomic E-state index is 13.3. The highest BCUT2D eigenvalue weighted by atomic mass is 79.9. The van der Waals surface area contributed by atoms with Crippen molar-refractivity contribution >= 4 is 73.5 Å². The smallest absolute Gasteiger partial charge is 0.268 e. The number of rotatable bonds is 2. The van der Waals surface area contributed by atoms with Crippen LogP contribution in [0.4, 0.5) is 10.1 Å². The average molecular weight is 429 g/mol. The van der Waals surface area contributed by atoms with Crippen LogP contribution in [-0.4, -0.2) is 10.2 Å². The topological polar surface area (TPSA) is 20.3 Å². The first-order chi connectivity index (χ1) is 11.0. The van der Waals surface area contributed by atoms with E-state index in [0.29, 0.717) is 24.4 Å². The van der Waals surface area contributed by atoms with Crippen LogP contribution in [0.1, 0.15) is 5.56 Å². The Bertz CT molecular complexity index is 838. The summed E-state index contributed by atoms with van der Waals surface area (Å²) in [7, 11) is 0. The van der Waals surface area contributed by atoms with Gasteiger partial charge < -0.3 is 0 Å². The second-order valence-corrected chi connectivity index (χ2v) is 7.63. The van der Waals surface area contributed by atoms with Crippen molar-refractivity contribution in [1.29, 1.82) is 0 Å². The van der Waals surface area contributed by atoms with E-state index in [0.717, 1.165) is 5.56 Å². The van der Waals surface area contributed by atoms with Crippen molar-refractivity contribution < 1.29 is 9.18 Å². The van der Waals surface area contributed by atoms with Crippen LogP contribution in [0.2, 0.25) is 5.02 Å². The zero-order valence-electron chi connectivity index (χ0n) is 11.4. The summed E-state index contributed by atoms with van der Waals surface area (Å²) in [6.07, 6.45) is 1.69. The molecule has 0 unspecified atom stereocenters. The largest absolute Gasteiger partial charge is 0.270 e. The van der Waals surface area contributed by atoms with Crippen LogP contribution in [-0.2, 0) is 4.79 Å². The van der Waals surface area contributed by atoms with E-state index in [4.69, 9.17) is 23.8 Å². The van der Waals surface area contributed by atoms with Crippen molar-refractivity contribution in [3.8, 4) is 0 Å². The van der Waals surface area contributed by atoms with Crippen molar-refractivity contribution in [2.75, 3.05) is 4.90 Å². The molecule has 2 nitrogen and oxygen atoms in total. The van der Waals surface area contributed by atoms with Gasteiger partial charge in [0.05, 0.1) is 15.1 Å². The summed E-state index contributed by atoms with van der Waals surface area (Å²) in [5, 5.41) is 0.589. The highest BCUT2D eigenvalue weighted by Gasteiger charge is 2.33. The normalized spacial score (nSPS) is 16.5. The van der Waals surface area contributed by atoms with E-state index >= 15 is 0 Å². The predicted molar refractivity (Wildman–Crippen MR) is 101 cm³/mol. The molecule has 116 valence electrons. The van der Waals surface area contributed by atoms with Crippen LogP contribution < -0.4 is 4.90 Å². The van der Waals surface area contributed by atoms with Crippen molar-refractivity contribution in [2.24, 2.45) is 0 Å². The minimum atomic E-state index is -0.351. The lowest BCUT2D eigenvalue weighted by molar-refractivity contribution is -0.113. The molecule has 0 aliphatic carbocycles. The molecule has 0 atom stereocenters. The first-order valence-corrected chi connectivity index (χ1v) is 8.84. The van der Waals surface area contributed by atoms with Gasteiger partial charge in [-0.05, 0) is 64.0 Å². The molecule has 0 N–H and O–H groups in total. The van der Waals surface area contributed by atoms with Gasteiger partial charge in [-0.3, -0.25) is 9.69 Å². The molecule has 0 bridgehead atoms. The van der Waals surface area contributed by atoms with Gasteiger partial charge in [-0.15, -0.1) is 0 Å². The Morgan fingerprint density at radius 2 is 1.91 bits per heavy atom. The summed E-state index contributed by atoms with van der Waals surface area (Å²) in [5.74, 6) is -0.557. The number of hydrogen-bond donors (Lipinski definition) is 0. The van der Waals surface area contributed by atoms with E-state index < -0.39 is 0 Å². The third-order valence-corrected chi connectivity index (χ3v) is 5.28. The minimum Gasteiger partial charge on any atom is -0.268 e. The molecule has 1 heterocycles. The van der Waals surface area contributed by atoms with Crippen molar-refractivity contribution in [3.05, 3.63) is 68.2 Å². The zero-order chi connectivity index (χ0) is 16.6. The minimum absolute atomic E-state index is 0.206. The van der Waals surface area contributed by atoms with E-state index in [-0.39, 0.29) is 11.7 Å². The molecule has 1 aliphatic rings. The maximum Gasteiger partial charge on any atom is 0.270 e. The number of thioether (sulfide) groups is 1. The Morgan fingerprint density at radius 3 is 2.57 bits per heavy atom. The molecule has 1 aliphatic heterocycles. The summed E-state index contributed by atoms with van der Waals surface area (Å²) in [6, 6.07) is 11.5. The molecule has 2 aromatic rings. The van der Waals surface area contributed by atoms with Crippen LogP contribution in [0, 0.1) is 5.82 Å². The Labute approximate surface area is 155 Å². The molecule has 3 rings (SSSR count). The van der Waals surface area contributed by atoms with Crippen LogP contribution in [0.15, 0.2) is 51.8 Å². The van der Waals surface area contributed by atoms with Crippen LogP contribution in [0.25, 0.3) is 6.08 Å². The Hall–Kier alpha value is -1.21. The SMILES string of the molecule is O=C1/C(=C\c2ccc(F)c(Br)c2)SC(=S)N1c1ccc(Cl)cc1. The summed E-state index contributed by atoms with van der Waals surface area (Å²) in [5.41, 5.74) is 1.38. The van der Waals surface area contributed by atoms with E-state index in [1.54, 1.807) is 42.5 Å². The van der Waals surface area contributed by atoms with Gasteiger partial charge in [0.2, 0.25) is 0 Å². The molecule has 0 saturated carbocycles. The quantitative estimate of drug-likeness (QED) is 0.455. The fraction of sp³-hybridized carbons (Fsp3) is 0. The van der Waals surface area contributed by atoms with Gasteiger partial charge in [-0.1, -0.05) is 41.6 Å². The monoisotopic (exact) mass is 427 g/mol. The standard InChI is InChI=1S/C16H8BrClFNOS2/c17-12-7-9(1-6-13(12)19)8-14-15(21)20(16(22)23-14)11-4-2-10(18)3-5-11/h1-8H/b14-8+. The number of nitrogens with zero attached hydrogens (tertiary/aromatic N) is 1. The van der Waals surface area contributed by atoms with Gasteiger partial charge in [-0.25, -0.2) is 4.39 Å². The fourth-order valence-electron chi connectivity index (χ4n) is 2.03. The average Bonchev–Trinajstić information content (AvgIpc) is 2.79. The number of thiocarbonyl (C=S) groups is 1. The summed E-state index contributed by atoms with van der Waals surface area (Å²) >= 11 is 15.5. The fourth-order valence-corrected chi connectivity index (χ4v) is 3.86.